The zero-order valence-corrected chi connectivity index (χ0v) is 16.6. The molecule has 1 fully saturated rings. The number of amides is 1. The summed E-state index contributed by atoms with van der Waals surface area (Å²) in [5.41, 5.74) is 0. The minimum atomic E-state index is -3.05. The summed E-state index contributed by atoms with van der Waals surface area (Å²) in [5, 5.41) is 4.15. The monoisotopic (exact) mass is 408 g/mol. The second-order valence-corrected chi connectivity index (χ2v) is 9.24. The fourth-order valence-corrected chi connectivity index (χ4v) is 4.99. The van der Waals surface area contributed by atoms with Crippen molar-refractivity contribution in [1.82, 2.24) is 10.0 Å². The van der Waals surface area contributed by atoms with Gasteiger partial charge in [-0.2, -0.15) is 0 Å². The van der Waals surface area contributed by atoms with E-state index < -0.39 is 9.84 Å². The highest BCUT2D eigenvalue weighted by Crippen LogP contribution is 2.27. The molecule has 0 spiro atoms. The maximum absolute atomic E-state index is 12.5. The summed E-state index contributed by atoms with van der Waals surface area (Å²) in [5.74, 6) is 0.559. The van der Waals surface area contributed by atoms with E-state index in [0.29, 0.717) is 35.2 Å². The highest BCUT2D eigenvalue weighted by Gasteiger charge is 2.35. The molecular weight excluding hydrogens is 387 g/mol. The third-order valence-electron chi connectivity index (χ3n) is 3.93. The standard InChI is InChI=1S/C16H22Cl2N2O4S/c1-19(2)20(13-7-9-25(22,23)11-13)16(21)4-3-8-24-15-6-5-12(17)10-14(15)18/h5-6,10,13H,3-4,7-9,11H2,1-2H3/t13-/m1/s1. The van der Waals surface area contributed by atoms with E-state index in [1.807, 2.05) is 0 Å². The fraction of sp³-hybridized carbons (Fsp3) is 0.562. The molecule has 1 heterocycles. The Labute approximate surface area is 158 Å². The molecule has 1 aliphatic heterocycles. The number of hydrazine groups is 1. The number of carbonyl (C=O) groups excluding carboxylic acids is 1. The lowest BCUT2D eigenvalue weighted by Gasteiger charge is -2.33. The molecule has 1 atom stereocenters. The Bertz CT molecular complexity index is 725. The minimum absolute atomic E-state index is 0.0216. The molecule has 1 aliphatic rings. The number of rotatable bonds is 7. The van der Waals surface area contributed by atoms with E-state index in [9.17, 15) is 13.2 Å². The molecule has 1 saturated heterocycles. The predicted octanol–water partition coefficient (Wildman–Crippen LogP) is 2.64. The SMILES string of the molecule is CN(C)N(C(=O)CCCOc1ccc(Cl)cc1Cl)[C@@H]1CCS(=O)(=O)C1. The Balaban J connectivity index is 1.85. The summed E-state index contributed by atoms with van der Waals surface area (Å²) in [4.78, 5) is 12.5. The Hall–Kier alpha value is -1.02. The molecule has 0 saturated carbocycles. The number of sulfone groups is 1. The van der Waals surface area contributed by atoms with Crippen LogP contribution in [0.4, 0.5) is 0 Å². The Morgan fingerprint density at radius 2 is 2.04 bits per heavy atom. The van der Waals surface area contributed by atoms with Gasteiger partial charge in [0.25, 0.3) is 0 Å². The first-order valence-electron chi connectivity index (χ1n) is 7.97. The van der Waals surface area contributed by atoms with E-state index in [0.717, 1.165) is 0 Å². The molecule has 0 radical (unpaired) electrons. The number of hydrogen-bond acceptors (Lipinski definition) is 5. The van der Waals surface area contributed by atoms with Crippen molar-refractivity contribution in [3.8, 4) is 5.75 Å². The molecular formula is C16H22Cl2N2O4S. The molecule has 140 valence electrons. The van der Waals surface area contributed by atoms with Crippen LogP contribution in [0.3, 0.4) is 0 Å². The third-order valence-corrected chi connectivity index (χ3v) is 6.21. The molecule has 0 aliphatic carbocycles. The second kappa shape index (κ2) is 8.58. The Morgan fingerprint density at radius 3 is 2.60 bits per heavy atom. The first-order valence-corrected chi connectivity index (χ1v) is 10.5. The van der Waals surface area contributed by atoms with Crippen LogP contribution in [0.2, 0.25) is 10.0 Å². The summed E-state index contributed by atoms with van der Waals surface area (Å²) >= 11 is 11.9. The van der Waals surface area contributed by atoms with Gasteiger partial charge >= 0.3 is 0 Å². The van der Waals surface area contributed by atoms with Crippen molar-refractivity contribution in [2.45, 2.75) is 25.3 Å². The number of hydrogen-bond donors (Lipinski definition) is 0. The van der Waals surface area contributed by atoms with E-state index in [1.165, 1.54) is 0 Å². The highest BCUT2D eigenvalue weighted by molar-refractivity contribution is 7.91. The van der Waals surface area contributed by atoms with Gasteiger partial charge in [-0.15, -0.1) is 0 Å². The van der Waals surface area contributed by atoms with Crippen molar-refractivity contribution < 1.29 is 17.9 Å². The average Bonchev–Trinajstić information content (AvgIpc) is 2.85. The number of benzene rings is 1. The molecule has 1 amide bonds. The van der Waals surface area contributed by atoms with Gasteiger partial charge in [0.1, 0.15) is 5.75 Å². The molecule has 0 aromatic heterocycles. The molecule has 2 rings (SSSR count). The maximum atomic E-state index is 12.5. The van der Waals surface area contributed by atoms with Crippen molar-refractivity contribution in [2.75, 3.05) is 32.2 Å². The van der Waals surface area contributed by atoms with Gasteiger partial charge in [0.05, 0.1) is 29.2 Å². The molecule has 1 aromatic rings. The van der Waals surface area contributed by atoms with Crippen LogP contribution in [0.5, 0.6) is 5.75 Å². The normalized spacial score (nSPS) is 19.2. The van der Waals surface area contributed by atoms with E-state index in [1.54, 1.807) is 42.3 Å². The van der Waals surface area contributed by atoms with Crippen LogP contribution < -0.4 is 4.74 Å². The van der Waals surface area contributed by atoms with Gasteiger partial charge in [0, 0.05) is 25.5 Å². The van der Waals surface area contributed by atoms with E-state index >= 15 is 0 Å². The second-order valence-electron chi connectivity index (χ2n) is 6.17. The summed E-state index contributed by atoms with van der Waals surface area (Å²) in [6, 6.07) is 4.67. The molecule has 0 unspecified atom stereocenters. The highest BCUT2D eigenvalue weighted by atomic mass is 35.5. The molecule has 6 nitrogen and oxygen atoms in total. The summed E-state index contributed by atoms with van der Waals surface area (Å²) in [6.45, 7) is 0.331. The summed E-state index contributed by atoms with van der Waals surface area (Å²) < 4.78 is 28.9. The third kappa shape index (κ3) is 5.74. The van der Waals surface area contributed by atoms with Gasteiger partial charge in [-0.25, -0.2) is 13.4 Å². The Morgan fingerprint density at radius 1 is 1.32 bits per heavy atom. The summed E-state index contributed by atoms with van der Waals surface area (Å²) in [6.07, 6.45) is 1.24. The zero-order chi connectivity index (χ0) is 18.6. The van der Waals surface area contributed by atoms with Crippen LogP contribution in [-0.2, 0) is 14.6 Å². The maximum Gasteiger partial charge on any atom is 0.237 e. The Kier molecular flexibility index (Phi) is 6.96. The van der Waals surface area contributed by atoms with Crippen molar-refractivity contribution in [3.05, 3.63) is 28.2 Å². The van der Waals surface area contributed by atoms with Crippen LogP contribution >= 0.6 is 23.2 Å². The lowest BCUT2D eigenvalue weighted by atomic mass is 10.2. The van der Waals surface area contributed by atoms with Gasteiger partial charge in [0.2, 0.25) is 5.91 Å². The number of ether oxygens (including phenoxy) is 1. The van der Waals surface area contributed by atoms with Gasteiger partial charge < -0.3 is 4.74 Å². The molecule has 25 heavy (non-hydrogen) atoms. The van der Waals surface area contributed by atoms with Crippen molar-refractivity contribution in [2.24, 2.45) is 0 Å². The first kappa shape index (κ1) is 20.3. The van der Waals surface area contributed by atoms with Gasteiger partial charge in [-0.3, -0.25) is 9.80 Å². The number of nitrogens with zero attached hydrogens (tertiary/aromatic N) is 2. The van der Waals surface area contributed by atoms with E-state index in [-0.39, 0.29) is 29.9 Å². The molecule has 0 bridgehead atoms. The van der Waals surface area contributed by atoms with Gasteiger partial charge in [-0.05, 0) is 31.0 Å². The predicted molar refractivity (Wildman–Crippen MR) is 98.8 cm³/mol. The van der Waals surface area contributed by atoms with Crippen LogP contribution in [0.25, 0.3) is 0 Å². The lowest BCUT2D eigenvalue weighted by Crippen LogP contribution is -2.49. The largest absolute Gasteiger partial charge is 0.492 e. The quantitative estimate of drug-likeness (QED) is 0.512. The van der Waals surface area contributed by atoms with E-state index in [2.05, 4.69) is 0 Å². The smallest absolute Gasteiger partial charge is 0.237 e. The van der Waals surface area contributed by atoms with Gasteiger partial charge in [-0.1, -0.05) is 23.2 Å². The minimum Gasteiger partial charge on any atom is -0.492 e. The van der Waals surface area contributed by atoms with Crippen molar-refractivity contribution in [3.63, 3.8) is 0 Å². The molecule has 9 heteroatoms. The van der Waals surface area contributed by atoms with Gasteiger partial charge in [0.15, 0.2) is 9.84 Å². The topological polar surface area (TPSA) is 66.9 Å². The van der Waals surface area contributed by atoms with Crippen molar-refractivity contribution in [1.29, 1.82) is 0 Å². The lowest BCUT2D eigenvalue weighted by molar-refractivity contribution is -0.149. The van der Waals surface area contributed by atoms with Crippen LogP contribution in [0, 0.1) is 0 Å². The molecule has 0 N–H and O–H groups in total. The first-order chi connectivity index (χ1) is 11.7. The molecule has 1 aromatic carbocycles. The van der Waals surface area contributed by atoms with Crippen molar-refractivity contribution >= 4 is 38.9 Å². The summed E-state index contributed by atoms with van der Waals surface area (Å²) in [7, 11) is 0.438. The average molecular weight is 409 g/mol. The van der Waals surface area contributed by atoms with Crippen LogP contribution in [0.15, 0.2) is 18.2 Å². The fourth-order valence-electron chi connectivity index (χ4n) is 2.83. The zero-order valence-electron chi connectivity index (χ0n) is 14.2. The van der Waals surface area contributed by atoms with Crippen LogP contribution in [-0.4, -0.2) is 62.6 Å². The number of halogens is 2. The number of carbonyl (C=O) groups is 1. The van der Waals surface area contributed by atoms with E-state index in [4.69, 9.17) is 27.9 Å². The van der Waals surface area contributed by atoms with Crippen LogP contribution in [0.1, 0.15) is 19.3 Å².